The van der Waals surface area contributed by atoms with E-state index in [2.05, 4.69) is 27.6 Å². The molecular formula is C19H18N6O5S. The van der Waals surface area contributed by atoms with Crippen molar-refractivity contribution in [2.45, 2.75) is 18.6 Å². The largest absolute Gasteiger partial charge is 0.469 e. The van der Waals surface area contributed by atoms with Gasteiger partial charge in [-0.05, 0) is 19.1 Å². The number of carbonyl (C=O) groups excluding carboxylic acids is 2. The number of carbonyl (C=O) groups is 2. The Hall–Kier alpha value is -3.93. The summed E-state index contributed by atoms with van der Waals surface area (Å²) in [4.78, 5) is 34.4. The SMILES string of the molecule is C=CCn1c(SCC(=O)NNC(=O)c2cccc([N+](=O)[O-])c2)nnc1-c1ccoc1C. The molecule has 0 aliphatic heterocycles. The average molecular weight is 442 g/mol. The van der Waals surface area contributed by atoms with E-state index in [4.69, 9.17) is 4.42 Å². The van der Waals surface area contributed by atoms with Gasteiger partial charge in [-0.15, -0.1) is 16.8 Å². The van der Waals surface area contributed by atoms with Crippen LogP contribution < -0.4 is 10.9 Å². The maximum atomic E-state index is 12.1. The van der Waals surface area contributed by atoms with Crippen molar-refractivity contribution in [3.63, 3.8) is 0 Å². The molecule has 2 N–H and O–H groups in total. The lowest BCUT2D eigenvalue weighted by Crippen LogP contribution is -2.42. The zero-order chi connectivity index (χ0) is 22.4. The van der Waals surface area contributed by atoms with Crippen LogP contribution in [0.3, 0.4) is 0 Å². The molecule has 0 aliphatic carbocycles. The number of benzene rings is 1. The van der Waals surface area contributed by atoms with Crippen molar-refractivity contribution in [3.8, 4) is 11.4 Å². The van der Waals surface area contributed by atoms with Gasteiger partial charge in [0.25, 0.3) is 11.6 Å². The van der Waals surface area contributed by atoms with Gasteiger partial charge in [-0.1, -0.05) is 23.9 Å². The van der Waals surface area contributed by atoms with Crippen molar-refractivity contribution in [2.24, 2.45) is 0 Å². The first-order valence-corrected chi connectivity index (χ1v) is 9.94. The molecule has 2 heterocycles. The van der Waals surface area contributed by atoms with Gasteiger partial charge in [-0.25, -0.2) is 0 Å². The van der Waals surface area contributed by atoms with E-state index in [0.717, 1.165) is 23.4 Å². The third-order valence-corrected chi connectivity index (χ3v) is 5.06. The molecule has 0 unspecified atom stereocenters. The number of nitrogens with zero attached hydrogens (tertiary/aromatic N) is 4. The molecule has 12 heteroatoms. The van der Waals surface area contributed by atoms with Crippen LogP contribution in [0.25, 0.3) is 11.4 Å². The van der Waals surface area contributed by atoms with Gasteiger partial charge < -0.3 is 4.42 Å². The molecule has 0 radical (unpaired) electrons. The summed E-state index contributed by atoms with van der Waals surface area (Å²) in [6.07, 6.45) is 3.24. The number of nitro benzene ring substituents is 1. The molecule has 0 atom stereocenters. The van der Waals surface area contributed by atoms with Crippen LogP contribution in [-0.2, 0) is 11.3 Å². The summed E-state index contributed by atoms with van der Waals surface area (Å²) in [6, 6.07) is 6.96. The van der Waals surface area contributed by atoms with Gasteiger partial charge >= 0.3 is 0 Å². The molecule has 31 heavy (non-hydrogen) atoms. The number of aryl methyl sites for hydroxylation is 1. The Morgan fingerprint density at radius 3 is 2.81 bits per heavy atom. The molecule has 0 aliphatic rings. The number of amides is 2. The number of nitro groups is 1. The van der Waals surface area contributed by atoms with Gasteiger partial charge in [0.05, 0.1) is 22.5 Å². The van der Waals surface area contributed by atoms with E-state index in [1.54, 1.807) is 23.0 Å². The lowest BCUT2D eigenvalue weighted by molar-refractivity contribution is -0.384. The van der Waals surface area contributed by atoms with Crippen molar-refractivity contribution >= 4 is 29.3 Å². The molecule has 0 saturated carbocycles. The molecule has 0 bridgehead atoms. The Morgan fingerprint density at radius 2 is 2.13 bits per heavy atom. The summed E-state index contributed by atoms with van der Waals surface area (Å²) < 4.78 is 7.11. The van der Waals surface area contributed by atoms with Gasteiger partial charge in [0.1, 0.15) is 5.76 Å². The van der Waals surface area contributed by atoms with E-state index < -0.39 is 16.7 Å². The minimum Gasteiger partial charge on any atom is -0.469 e. The Balaban J connectivity index is 1.60. The first-order chi connectivity index (χ1) is 14.9. The van der Waals surface area contributed by atoms with Crippen molar-refractivity contribution in [1.82, 2.24) is 25.6 Å². The second-order valence-corrected chi connectivity index (χ2v) is 7.14. The van der Waals surface area contributed by atoms with E-state index in [1.807, 2.05) is 6.92 Å². The van der Waals surface area contributed by atoms with Gasteiger partial charge in [-0.2, -0.15) is 0 Å². The summed E-state index contributed by atoms with van der Waals surface area (Å²) in [5, 5.41) is 19.6. The number of hydrazine groups is 1. The van der Waals surface area contributed by atoms with Gasteiger partial charge in [0, 0.05) is 24.2 Å². The average Bonchev–Trinajstić information content (AvgIpc) is 3.36. The second kappa shape index (κ2) is 9.71. The molecule has 3 rings (SSSR count). The van der Waals surface area contributed by atoms with Gasteiger partial charge in [0.2, 0.25) is 5.91 Å². The highest BCUT2D eigenvalue weighted by atomic mass is 32.2. The Bertz CT molecular complexity index is 1140. The normalized spacial score (nSPS) is 10.5. The number of allylic oxidation sites excluding steroid dienone is 1. The second-order valence-electron chi connectivity index (χ2n) is 6.19. The van der Waals surface area contributed by atoms with Crippen molar-refractivity contribution in [1.29, 1.82) is 0 Å². The van der Waals surface area contributed by atoms with Crippen LogP contribution in [0.4, 0.5) is 5.69 Å². The Morgan fingerprint density at radius 1 is 1.32 bits per heavy atom. The zero-order valence-electron chi connectivity index (χ0n) is 16.4. The number of nitrogens with one attached hydrogen (secondary N) is 2. The van der Waals surface area contributed by atoms with Crippen molar-refractivity contribution in [2.75, 3.05) is 5.75 Å². The molecule has 0 fully saturated rings. The monoisotopic (exact) mass is 442 g/mol. The molecule has 160 valence electrons. The van der Waals surface area contributed by atoms with Crippen LogP contribution in [0.5, 0.6) is 0 Å². The lowest BCUT2D eigenvalue weighted by atomic mass is 10.2. The van der Waals surface area contributed by atoms with Crippen LogP contribution in [0, 0.1) is 17.0 Å². The zero-order valence-corrected chi connectivity index (χ0v) is 17.2. The lowest BCUT2D eigenvalue weighted by Gasteiger charge is -2.08. The van der Waals surface area contributed by atoms with Gasteiger partial charge in [0.15, 0.2) is 11.0 Å². The fraction of sp³-hybridized carbons (Fsp3) is 0.158. The van der Waals surface area contributed by atoms with Crippen LogP contribution in [0.2, 0.25) is 0 Å². The summed E-state index contributed by atoms with van der Waals surface area (Å²) >= 11 is 1.13. The Labute approximate surface area is 180 Å². The molecule has 3 aromatic rings. The quantitative estimate of drug-likeness (QED) is 0.234. The maximum Gasteiger partial charge on any atom is 0.270 e. The number of non-ortho nitro benzene ring substituents is 1. The summed E-state index contributed by atoms with van der Waals surface area (Å²) in [7, 11) is 0. The molecule has 0 spiro atoms. The first-order valence-electron chi connectivity index (χ1n) is 8.95. The maximum absolute atomic E-state index is 12.1. The first kappa shape index (κ1) is 21.8. The minimum absolute atomic E-state index is 0.0468. The predicted molar refractivity (Wildman–Crippen MR) is 112 cm³/mol. The fourth-order valence-electron chi connectivity index (χ4n) is 2.63. The third kappa shape index (κ3) is 5.17. The molecule has 0 saturated heterocycles. The van der Waals surface area contributed by atoms with Crippen LogP contribution in [-0.4, -0.2) is 37.3 Å². The highest BCUT2D eigenvalue weighted by molar-refractivity contribution is 7.99. The molecular weight excluding hydrogens is 424 g/mol. The van der Waals surface area contributed by atoms with Crippen LogP contribution in [0.15, 0.2) is 58.8 Å². The third-order valence-electron chi connectivity index (χ3n) is 4.10. The number of furan rings is 1. The number of hydrogen-bond acceptors (Lipinski definition) is 8. The minimum atomic E-state index is -0.672. The van der Waals surface area contributed by atoms with E-state index >= 15 is 0 Å². The summed E-state index contributed by atoms with van der Waals surface area (Å²) in [5.74, 6) is 0.0750. The molecule has 11 nitrogen and oxygen atoms in total. The smallest absolute Gasteiger partial charge is 0.270 e. The van der Waals surface area contributed by atoms with Crippen molar-refractivity contribution < 1.29 is 18.9 Å². The molecule has 2 aromatic heterocycles. The topological polar surface area (TPSA) is 145 Å². The Kier molecular flexibility index (Phi) is 6.82. The van der Waals surface area contributed by atoms with E-state index in [1.165, 1.54) is 18.2 Å². The standard InChI is InChI=1S/C19H18N6O5S/c1-3-8-24-17(15-7-9-30-12(15)2)21-23-19(24)31-11-16(26)20-22-18(27)13-5-4-6-14(10-13)25(28)29/h3-7,9-10H,1,8,11H2,2H3,(H,20,26)(H,22,27). The predicted octanol–water partition coefficient (Wildman–Crippen LogP) is 2.49. The summed E-state index contributed by atoms with van der Waals surface area (Å²) in [5.41, 5.74) is 5.12. The number of hydrogen-bond donors (Lipinski definition) is 2. The molecule has 1 aromatic carbocycles. The number of aromatic nitrogens is 3. The van der Waals surface area contributed by atoms with Crippen LogP contribution >= 0.6 is 11.8 Å². The van der Waals surface area contributed by atoms with E-state index in [0.29, 0.717) is 23.3 Å². The van der Waals surface area contributed by atoms with Crippen molar-refractivity contribution in [3.05, 3.63) is 70.7 Å². The highest BCUT2D eigenvalue weighted by Crippen LogP contribution is 2.27. The van der Waals surface area contributed by atoms with Gasteiger partial charge in [-0.3, -0.25) is 35.1 Å². The van der Waals surface area contributed by atoms with E-state index in [-0.39, 0.29) is 17.0 Å². The van der Waals surface area contributed by atoms with E-state index in [9.17, 15) is 19.7 Å². The number of rotatable bonds is 8. The number of thioether (sulfide) groups is 1. The fourth-order valence-corrected chi connectivity index (χ4v) is 3.38. The van der Waals surface area contributed by atoms with Crippen LogP contribution in [0.1, 0.15) is 16.1 Å². The molecule has 2 amide bonds. The highest BCUT2D eigenvalue weighted by Gasteiger charge is 2.18. The summed E-state index contributed by atoms with van der Waals surface area (Å²) in [6.45, 7) is 5.98.